The van der Waals surface area contributed by atoms with E-state index in [9.17, 15) is 9.59 Å². The number of rotatable bonds is 6. The summed E-state index contributed by atoms with van der Waals surface area (Å²) >= 11 is 0. The maximum absolute atomic E-state index is 13.2. The van der Waals surface area contributed by atoms with Crippen molar-refractivity contribution in [3.63, 3.8) is 0 Å². The van der Waals surface area contributed by atoms with Crippen molar-refractivity contribution in [3.05, 3.63) is 72.1 Å². The quantitative estimate of drug-likeness (QED) is 0.740. The molecule has 1 N–H and O–H groups in total. The normalized spacial score (nSPS) is 28.6. The Morgan fingerprint density at radius 1 is 1.30 bits per heavy atom. The smallest absolute Gasteiger partial charge is 0.230 e. The summed E-state index contributed by atoms with van der Waals surface area (Å²) in [6, 6.07) is 11.3. The van der Waals surface area contributed by atoms with Gasteiger partial charge in [0.05, 0.1) is 31.6 Å². The first-order chi connectivity index (χ1) is 14.6. The van der Waals surface area contributed by atoms with Crippen LogP contribution in [-0.4, -0.2) is 47.1 Å². The Morgan fingerprint density at radius 3 is 2.87 bits per heavy atom. The van der Waals surface area contributed by atoms with Gasteiger partial charge in [0.15, 0.2) is 0 Å². The fourth-order valence-corrected chi connectivity index (χ4v) is 4.77. The van der Waals surface area contributed by atoms with Crippen LogP contribution in [0.4, 0.5) is 0 Å². The summed E-state index contributed by atoms with van der Waals surface area (Å²) in [4.78, 5) is 32.2. The predicted molar refractivity (Wildman–Crippen MR) is 108 cm³/mol. The topological polar surface area (TPSA) is 80.8 Å². The second-order valence-corrected chi connectivity index (χ2v) is 8.02. The van der Waals surface area contributed by atoms with E-state index in [1.165, 1.54) is 0 Å². The van der Waals surface area contributed by atoms with Crippen LogP contribution in [0.15, 0.2) is 60.9 Å². The molecular weight excluding hydrogens is 382 g/mol. The molecule has 3 aliphatic rings. The fourth-order valence-electron chi connectivity index (χ4n) is 4.77. The van der Waals surface area contributed by atoms with Crippen molar-refractivity contribution in [2.75, 3.05) is 13.7 Å². The van der Waals surface area contributed by atoms with Crippen LogP contribution in [-0.2, 0) is 27.4 Å². The first-order valence-corrected chi connectivity index (χ1v) is 10.1. The minimum atomic E-state index is -0.702. The van der Waals surface area contributed by atoms with Gasteiger partial charge < -0.3 is 19.7 Å². The molecule has 2 amide bonds. The van der Waals surface area contributed by atoms with Gasteiger partial charge in [-0.3, -0.25) is 14.6 Å². The zero-order valence-corrected chi connectivity index (χ0v) is 16.7. The van der Waals surface area contributed by atoms with Gasteiger partial charge in [0.1, 0.15) is 11.4 Å². The van der Waals surface area contributed by atoms with E-state index in [0.717, 1.165) is 16.9 Å². The van der Waals surface area contributed by atoms with E-state index in [1.807, 2.05) is 48.6 Å². The molecule has 2 bridgehead atoms. The zero-order valence-electron chi connectivity index (χ0n) is 16.7. The number of carbonyl (C=O) groups is 2. The minimum Gasteiger partial charge on any atom is -0.497 e. The second kappa shape index (κ2) is 7.25. The van der Waals surface area contributed by atoms with Crippen LogP contribution in [0.3, 0.4) is 0 Å². The van der Waals surface area contributed by atoms with Gasteiger partial charge in [0, 0.05) is 25.5 Å². The maximum atomic E-state index is 13.2. The third kappa shape index (κ3) is 3.06. The molecule has 4 heterocycles. The summed E-state index contributed by atoms with van der Waals surface area (Å²) in [5, 5.41) is 2.98. The molecule has 0 radical (unpaired) electrons. The Hall–Kier alpha value is -3.19. The van der Waals surface area contributed by atoms with Gasteiger partial charge in [-0.25, -0.2) is 0 Å². The molecule has 0 aliphatic carbocycles. The zero-order chi connectivity index (χ0) is 20.7. The number of likely N-dealkylation sites (tertiary alicyclic amines) is 1. The van der Waals surface area contributed by atoms with Gasteiger partial charge in [-0.1, -0.05) is 30.4 Å². The number of pyridine rings is 1. The van der Waals surface area contributed by atoms with E-state index >= 15 is 0 Å². The number of aromatic nitrogens is 1. The first kappa shape index (κ1) is 18.8. The highest BCUT2D eigenvalue weighted by atomic mass is 16.5. The van der Waals surface area contributed by atoms with E-state index in [4.69, 9.17) is 9.47 Å². The van der Waals surface area contributed by atoms with E-state index in [1.54, 1.807) is 24.4 Å². The summed E-state index contributed by atoms with van der Waals surface area (Å²) in [6.45, 7) is 1.32. The number of hydrogen-bond donors (Lipinski definition) is 1. The van der Waals surface area contributed by atoms with Gasteiger partial charge >= 0.3 is 0 Å². The molecule has 4 atom stereocenters. The van der Waals surface area contributed by atoms with Gasteiger partial charge in [-0.2, -0.15) is 0 Å². The molecular formula is C23H23N3O4. The van der Waals surface area contributed by atoms with Crippen molar-refractivity contribution >= 4 is 11.8 Å². The minimum absolute atomic E-state index is 0.0321. The van der Waals surface area contributed by atoms with E-state index in [-0.39, 0.29) is 17.9 Å². The Kier molecular flexibility index (Phi) is 4.55. The van der Waals surface area contributed by atoms with E-state index in [2.05, 4.69) is 10.3 Å². The molecule has 1 aromatic carbocycles. The number of ether oxygens (including phenoxy) is 2. The third-order valence-electron chi connectivity index (χ3n) is 6.20. The SMILES string of the molecule is COc1ccc(CNC(=O)[C@@H]2[C@@H]3C=C[C@@]4(CN(Cc5cccnc5)C(=O)[C@H]24)O3)cc1. The molecule has 7 nitrogen and oxygen atoms in total. The Balaban J connectivity index is 1.29. The number of carbonyl (C=O) groups excluding carboxylic acids is 2. The summed E-state index contributed by atoms with van der Waals surface area (Å²) < 4.78 is 11.3. The molecule has 1 spiro atoms. The maximum Gasteiger partial charge on any atom is 0.230 e. The molecule has 154 valence electrons. The summed E-state index contributed by atoms with van der Waals surface area (Å²) in [5.41, 5.74) is 1.22. The van der Waals surface area contributed by atoms with Gasteiger partial charge in [0.2, 0.25) is 11.8 Å². The number of amides is 2. The molecule has 2 aromatic rings. The third-order valence-corrected chi connectivity index (χ3v) is 6.20. The monoisotopic (exact) mass is 405 g/mol. The van der Waals surface area contributed by atoms with Crippen molar-refractivity contribution < 1.29 is 19.1 Å². The molecule has 0 unspecified atom stereocenters. The van der Waals surface area contributed by atoms with Crippen LogP contribution < -0.4 is 10.1 Å². The van der Waals surface area contributed by atoms with Crippen molar-refractivity contribution in [1.29, 1.82) is 0 Å². The standard InChI is InChI=1S/C23H23N3O4/c1-29-17-6-4-15(5-7-17)12-25-21(27)19-18-8-9-23(30-18)14-26(22(28)20(19)23)13-16-3-2-10-24-11-16/h2-11,18-20H,12-14H2,1H3,(H,25,27)/t18-,19+,20-,23-/m0/s1. The highest BCUT2D eigenvalue weighted by Gasteiger charge is 2.66. The molecule has 1 aromatic heterocycles. The Bertz CT molecular complexity index is 991. The lowest BCUT2D eigenvalue weighted by atomic mass is 9.77. The first-order valence-electron chi connectivity index (χ1n) is 10.1. The van der Waals surface area contributed by atoms with Crippen molar-refractivity contribution in [2.24, 2.45) is 11.8 Å². The van der Waals surface area contributed by atoms with Crippen LogP contribution in [0.1, 0.15) is 11.1 Å². The molecule has 5 rings (SSSR count). The number of hydrogen-bond acceptors (Lipinski definition) is 5. The fraction of sp³-hybridized carbons (Fsp3) is 0.348. The summed E-state index contributed by atoms with van der Waals surface area (Å²) in [5.74, 6) is -0.414. The average molecular weight is 405 g/mol. The lowest BCUT2D eigenvalue weighted by Gasteiger charge is -2.23. The number of nitrogens with zero attached hydrogens (tertiary/aromatic N) is 2. The van der Waals surface area contributed by atoms with Gasteiger partial charge in [-0.15, -0.1) is 0 Å². The van der Waals surface area contributed by atoms with Crippen LogP contribution in [0.5, 0.6) is 5.75 Å². The molecule has 2 fully saturated rings. The molecule has 0 saturated carbocycles. The van der Waals surface area contributed by atoms with Crippen molar-refractivity contribution in [2.45, 2.75) is 24.8 Å². The number of fused-ring (bicyclic) bond motifs is 1. The Morgan fingerprint density at radius 2 is 2.13 bits per heavy atom. The Labute approximate surface area is 174 Å². The van der Waals surface area contributed by atoms with Crippen molar-refractivity contribution in [3.8, 4) is 5.75 Å². The van der Waals surface area contributed by atoms with E-state index in [0.29, 0.717) is 19.6 Å². The second-order valence-electron chi connectivity index (χ2n) is 8.02. The van der Waals surface area contributed by atoms with Gasteiger partial charge in [0.25, 0.3) is 0 Å². The molecule has 7 heteroatoms. The number of benzene rings is 1. The van der Waals surface area contributed by atoms with Crippen molar-refractivity contribution in [1.82, 2.24) is 15.2 Å². The average Bonchev–Trinajstić information content (AvgIpc) is 3.41. The largest absolute Gasteiger partial charge is 0.497 e. The summed E-state index contributed by atoms with van der Waals surface area (Å²) in [7, 11) is 1.62. The number of methoxy groups -OCH3 is 1. The lowest BCUT2D eigenvalue weighted by Crippen LogP contribution is -2.43. The summed E-state index contributed by atoms with van der Waals surface area (Å²) in [6.07, 6.45) is 7.01. The predicted octanol–water partition coefficient (Wildman–Crippen LogP) is 1.69. The van der Waals surface area contributed by atoms with Gasteiger partial charge in [-0.05, 0) is 29.3 Å². The molecule has 2 saturated heterocycles. The molecule has 30 heavy (non-hydrogen) atoms. The van der Waals surface area contributed by atoms with E-state index < -0.39 is 17.4 Å². The lowest BCUT2D eigenvalue weighted by molar-refractivity contribution is -0.137. The highest BCUT2D eigenvalue weighted by molar-refractivity contribution is 5.93. The van der Waals surface area contributed by atoms with Crippen LogP contribution in [0, 0.1) is 11.8 Å². The van der Waals surface area contributed by atoms with Crippen LogP contribution in [0.2, 0.25) is 0 Å². The highest BCUT2D eigenvalue weighted by Crippen LogP contribution is 2.52. The number of nitrogens with one attached hydrogen (secondary N) is 1. The van der Waals surface area contributed by atoms with Crippen LogP contribution in [0.25, 0.3) is 0 Å². The van der Waals surface area contributed by atoms with Crippen LogP contribution >= 0.6 is 0 Å². The molecule has 3 aliphatic heterocycles.